The number of nitrogens with zero attached hydrogens (tertiary/aromatic N) is 6. The fourth-order valence-electron chi connectivity index (χ4n) is 3.54. The Kier molecular flexibility index (Phi) is 4.51. The Morgan fingerprint density at radius 2 is 1.93 bits per heavy atom. The molecule has 0 fully saturated rings. The van der Waals surface area contributed by atoms with Gasteiger partial charge in [-0.2, -0.15) is 9.61 Å². The second-order valence-electron chi connectivity index (χ2n) is 6.96. The molecule has 0 radical (unpaired) electrons. The zero-order valence-electron chi connectivity index (χ0n) is 16.5. The number of aromatic nitrogens is 6. The Bertz CT molecular complexity index is 1370. The van der Waals surface area contributed by atoms with Crippen LogP contribution < -0.4 is 5.32 Å². The van der Waals surface area contributed by atoms with E-state index in [0.717, 1.165) is 28.2 Å². The van der Waals surface area contributed by atoms with Gasteiger partial charge in [0.25, 0.3) is 5.91 Å². The average Bonchev–Trinajstić information content (AvgIpc) is 3.36. The molecule has 0 bridgehead atoms. The standard InChI is InChI=1S/C21H19N7OS/c1-13-18(28-21(23-13)30-14(2)26-28)19(29)25-20-24-16-8-3-4-9-17(16)27(20)12-10-15-7-5-6-11-22-15/h3-9,11H,10,12H2,1-2H3,(H,24,25,29). The molecule has 0 aliphatic rings. The van der Waals surface area contributed by atoms with Crippen molar-refractivity contribution in [2.75, 3.05) is 5.32 Å². The molecule has 9 heteroatoms. The molecule has 5 aromatic rings. The molecule has 0 unspecified atom stereocenters. The molecule has 8 nitrogen and oxygen atoms in total. The van der Waals surface area contributed by atoms with Crippen LogP contribution in [0.25, 0.3) is 16.0 Å². The summed E-state index contributed by atoms with van der Waals surface area (Å²) in [4.78, 5) is 27.4. The van der Waals surface area contributed by atoms with E-state index in [1.165, 1.54) is 11.3 Å². The third kappa shape index (κ3) is 3.22. The third-order valence-corrected chi connectivity index (χ3v) is 5.72. The number of para-hydroxylation sites is 2. The molecular formula is C21H19N7OS. The normalized spacial score (nSPS) is 11.4. The Balaban J connectivity index is 1.50. The molecule has 4 heterocycles. The first-order valence-corrected chi connectivity index (χ1v) is 10.4. The van der Waals surface area contributed by atoms with E-state index in [2.05, 4.69) is 25.4 Å². The SMILES string of the molecule is Cc1nn2c(C(=O)Nc3nc4ccccc4n3CCc3ccccn3)c(C)nc2s1. The first-order chi connectivity index (χ1) is 14.6. The van der Waals surface area contributed by atoms with Crippen molar-refractivity contribution in [3.8, 4) is 0 Å². The Hall–Kier alpha value is -3.59. The maximum atomic E-state index is 13.1. The minimum atomic E-state index is -0.278. The van der Waals surface area contributed by atoms with Gasteiger partial charge in [0, 0.05) is 24.9 Å². The first-order valence-electron chi connectivity index (χ1n) is 9.59. The average molecular weight is 417 g/mol. The van der Waals surface area contributed by atoms with Gasteiger partial charge in [0.15, 0.2) is 5.69 Å². The summed E-state index contributed by atoms with van der Waals surface area (Å²) >= 11 is 1.46. The lowest BCUT2D eigenvalue weighted by Crippen LogP contribution is -2.19. The summed E-state index contributed by atoms with van der Waals surface area (Å²) < 4.78 is 3.62. The highest BCUT2D eigenvalue weighted by Crippen LogP contribution is 2.23. The summed E-state index contributed by atoms with van der Waals surface area (Å²) in [6.07, 6.45) is 2.51. The van der Waals surface area contributed by atoms with Gasteiger partial charge in [-0.05, 0) is 38.1 Å². The van der Waals surface area contributed by atoms with Crippen LogP contribution in [0.15, 0.2) is 48.7 Å². The van der Waals surface area contributed by atoms with Crippen molar-refractivity contribution in [3.63, 3.8) is 0 Å². The lowest BCUT2D eigenvalue weighted by atomic mass is 10.2. The van der Waals surface area contributed by atoms with Crippen molar-refractivity contribution in [1.82, 2.24) is 29.1 Å². The molecule has 1 aromatic carbocycles. The number of hydrogen-bond donors (Lipinski definition) is 1. The van der Waals surface area contributed by atoms with Gasteiger partial charge in [-0.3, -0.25) is 15.1 Å². The number of imidazole rings is 2. The van der Waals surface area contributed by atoms with E-state index in [4.69, 9.17) is 0 Å². The number of benzene rings is 1. The van der Waals surface area contributed by atoms with Crippen LogP contribution in [0.3, 0.4) is 0 Å². The first kappa shape index (κ1) is 18.4. The summed E-state index contributed by atoms with van der Waals surface area (Å²) in [6.45, 7) is 4.35. The molecule has 0 saturated carbocycles. The van der Waals surface area contributed by atoms with Gasteiger partial charge in [0.1, 0.15) is 5.01 Å². The molecule has 4 aromatic heterocycles. The number of carbonyl (C=O) groups is 1. The number of rotatable bonds is 5. The van der Waals surface area contributed by atoms with Crippen molar-refractivity contribution in [3.05, 3.63) is 70.8 Å². The molecule has 0 aliphatic carbocycles. The number of pyridine rings is 1. The van der Waals surface area contributed by atoms with Crippen LogP contribution >= 0.6 is 11.3 Å². The number of amides is 1. The molecule has 0 atom stereocenters. The van der Waals surface area contributed by atoms with Gasteiger partial charge in [-0.25, -0.2) is 9.97 Å². The third-order valence-electron chi connectivity index (χ3n) is 4.89. The number of anilines is 1. The van der Waals surface area contributed by atoms with Gasteiger partial charge in [-0.15, -0.1) is 0 Å². The number of hydrogen-bond acceptors (Lipinski definition) is 6. The van der Waals surface area contributed by atoms with Crippen molar-refractivity contribution in [2.24, 2.45) is 0 Å². The van der Waals surface area contributed by atoms with Gasteiger partial charge in [0.05, 0.1) is 16.7 Å². The zero-order valence-corrected chi connectivity index (χ0v) is 17.3. The maximum absolute atomic E-state index is 13.1. The molecule has 1 amide bonds. The molecule has 5 rings (SSSR count). The summed E-state index contributed by atoms with van der Waals surface area (Å²) in [7, 11) is 0. The Morgan fingerprint density at radius 1 is 1.10 bits per heavy atom. The van der Waals surface area contributed by atoms with E-state index < -0.39 is 0 Å². The number of carbonyl (C=O) groups excluding carboxylic acids is 1. The highest BCUT2D eigenvalue weighted by Gasteiger charge is 2.22. The van der Waals surface area contributed by atoms with E-state index in [0.29, 0.717) is 28.8 Å². The van der Waals surface area contributed by atoms with E-state index >= 15 is 0 Å². The summed E-state index contributed by atoms with van der Waals surface area (Å²) in [5.74, 6) is 0.220. The second-order valence-corrected chi connectivity index (χ2v) is 8.12. The van der Waals surface area contributed by atoms with Crippen molar-refractivity contribution >= 4 is 39.2 Å². The van der Waals surface area contributed by atoms with Crippen LogP contribution in [-0.4, -0.2) is 35.0 Å². The number of nitrogens with one attached hydrogen (secondary N) is 1. The Morgan fingerprint density at radius 3 is 2.77 bits per heavy atom. The van der Waals surface area contributed by atoms with Gasteiger partial charge < -0.3 is 4.57 Å². The Labute approximate surface area is 176 Å². The summed E-state index contributed by atoms with van der Waals surface area (Å²) in [5.41, 5.74) is 3.84. The van der Waals surface area contributed by atoms with Crippen molar-refractivity contribution < 1.29 is 4.79 Å². The number of aryl methyl sites for hydroxylation is 4. The second kappa shape index (κ2) is 7.34. The lowest BCUT2D eigenvalue weighted by molar-refractivity contribution is 0.101. The predicted octanol–water partition coefficient (Wildman–Crippen LogP) is 3.65. The largest absolute Gasteiger partial charge is 0.310 e. The van der Waals surface area contributed by atoms with E-state index in [9.17, 15) is 4.79 Å². The molecule has 0 saturated heterocycles. The molecule has 0 spiro atoms. The zero-order chi connectivity index (χ0) is 20.7. The van der Waals surface area contributed by atoms with E-state index in [1.807, 2.05) is 60.9 Å². The fraction of sp³-hybridized carbons (Fsp3) is 0.190. The smallest absolute Gasteiger partial charge is 0.278 e. The molecular weight excluding hydrogens is 398 g/mol. The van der Waals surface area contributed by atoms with Crippen LogP contribution in [0.2, 0.25) is 0 Å². The van der Waals surface area contributed by atoms with Crippen molar-refractivity contribution in [2.45, 2.75) is 26.8 Å². The van der Waals surface area contributed by atoms with Crippen LogP contribution in [0, 0.1) is 13.8 Å². The van der Waals surface area contributed by atoms with Crippen LogP contribution in [0.5, 0.6) is 0 Å². The minimum Gasteiger partial charge on any atom is -0.310 e. The fourth-order valence-corrected chi connectivity index (χ4v) is 4.32. The minimum absolute atomic E-state index is 0.278. The van der Waals surface area contributed by atoms with Gasteiger partial charge in [0.2, 0.25) is 10.9 Å². The van der Waals surface area contributed by atoms with Crippen LogP contribution in [0.1, 0.15) is 26.9 Å². The topological polar surface area (TPSA) is 90.0 Å². The molecule has 1 N–H and O–H groups in total. The number of fused-ring (bicyclic) bond motifs is 2. The molecule has 0 aliphatic heterocycles. The van der Waals surface area contributed by atoms with Crippen molar-refractivity contribution in [1.29, 1.82) is 0 Å². The lowest BCUT2D eigenvalue weighted by Gasteiger charge is -2.10. The summed E-state index contributed by atoms with van der Waals surface area (Å²) in [6, 6.07) is 13.7. The van der Waals surface area contributed by atoms with Crippen LogP contribution in [0.4, 0.5) is 5.95 Å². The van der Waals surface area contributed by atoms with E-state index in [-0.39, 0.29) is 5.91 Å². The summed E-state index contributed by atoms with van der Waals surface area (Å²) in [5, 5.41) is 8.25. The van der Waals surface area contributed by atoms with E-state index in [1.54, 1.807) is 10.7 Å². The highest BCUT2D eigenvalue weighted by molar-refractivity contribution is 7.16. The predicted molar refractivity (Wildman–Crippen MR) is 116 cm³/mol. The van der Waals surface area contributed by atoms with Gasteiger partial charge >= 0.3 is 0 Å². The monoisotopic (exact) mass is 417 g/mol. The highest BCUT2D eigenvalue weighted by atomic mass is 32.1. The quantitative estimate of drug-likeness (QED) is 0.471. The van der Waals surface area contributed by atoms with Crippen LogP contribution in [-0.2, 0) is 13.0 Å². The van der Waals surface area contributed by atoms with Gasteiger partial charge in [-0.1, -0.05) is 29.5 Å². The molecule has 150 valence electrons. The molecule has 30 heavy (non-hydrogen) atoms. The maximum Gasteiger partial charge on any atom is 0.278 e.